The Morgan fingerprint density at radius 2 is 1.71 bits per heavy atom. The van der Waals surface area contributed by atoms with Crippen LogP contribution in [0.15, 0.2) is 18.2 Å². The normalized spacial score (nSPS) is 15.9. The van der Waals surface area contributed by atoms with Gasteiger partial charge < -0.3 is 29.6 Å². The molecule has 1 aliphatic rings. The van der Waals surface area contributed by atoms with Crippen LogP contribution in [0.1, 0.15) is 61.0 Å². The molecule has 35 heavy (non-hydrogen) atoms. The molecule has 2 N–H and O–H groups in total. The van der Waals surface area contributed by atoms with E-state index in [1.54, 1.807) is 25.1 Å². The van der Waals surface area contributed by atoms with Crippen molar-refractivity contribution in [3.05, 3.63) is 39.8 Å². The van der Waals surface area contributed by atoms with E-state index in [0.717, 1.165) is 10.4 Å². The first-order valence-corrected chi connectivity index (χ1v) is 12.2. The molecule has 1 aromatic heterocycles. The van der Waals surface area contributed by atoms with Gasteiger partial charge in [0.15, 0.2) is 11.5 Å². The van der Waals surface area contributed by atoms with Crippen LogP contribution in [-0.4, -0.2) is 45.4 Å². The highest BCUT2D eigenvalue weighted by Gasteiger charge is 2.42. The standard InChI is InChI=1S/C26H34N2O6S/c1-9-34-24(30)20-16-14-25(2,3)28-26(4,5)22(16)35-23(20)27-19(29)11-10-15-12-17(31-6)21(33-8)18(13-15)32-7/h10-13,28H,9,14H2,1-8H3,(H,27,29)/b11-10+. The fourth-order valence-electron chi connectivity index (χ4n) is 4.56. The van der Waals surface area contributed by atoms with E-state index in [4.69, 9.17) is 18.9 Å². The molecular weight excluding hydrogens is 468 g/mol. The number of rotatable bonds is 8. The molecule has 1 aromatic carbocycles. The van der Waals surface area contributed by atoms with Gasteiger partial charge >= 0.3 is 5.97 Å². The molecule has 0 aliphatic carbocycles. The smallest absolute Gasteiger partial charge is 0.341 e. The van der Waals surface area contributed by atoms with Crippen molar-refractivity contribution in [1.29, 1.82) is 0 Å². The average Bonchev–Trinajstić information content (AvgIpc) is 3.13. The van der Waals surface area contributed by atoms with Crippen LogP contribution in [0.3, 0.4) is 0 Å². The SMILES string of the molecule is CCOC(=O)c1c(NC(=O)/C=C/c2cc(OC)c(OC)c(OC)c2)sc2c1CC(C)(C)NC2(C)C. The molecule has 0 atom stereocenters. The number of carbonyl (C=O) groups is 2. The van der Waals surface area contributed by atoms with Crippen molar-refractivity contribution in [2.45, 2.75) is 52.1 Å². The van der Waals surface area contributed by atoms with Crippen LogP contribution in [0.4, 0.5) is 5.00 Å². The predicted molar refractivity (Wildman–Crippen MR) is 138 cm³/mol. The Balaban J connectivity index is 1.95. The van der Waals surface area contributed by atoms with Gasteiger partial charge in [0.25, 0.3) is 0 Å². The fourth-order valence-corrected chi connectivity index (χ4v) is 5.83. The van der Waals surface area contributed by atoms with Crippen LogP contribution in [0, 0.1) is 0 Å². The van der Waals surface area contributed by atoms with E-state index in [0.29, 0.717) is 39.8 Å². The van der Waals surface area contributed by atoms with Crippen molar-refractivity contribution in [2.24, 2.45) is 0 Å². The summed E-state index contributed by atoms with van der Waals surface area (Å²) in [5.74, 6) is 0.647. The van der Waals surface area contributed by atoms with Gasteiger partial charge in [0.1, 0.15) is 5.00 Å². The third-order valence-electron chi connectivity index (χ3n) is 5.67. The minimum atomic E-state index is -0.428. The molecule has 9 heteroatoms. The lowest BCUT2D eigenvalue weighted by atomic mass is 9.81. The number of thiophene rings is 1. The molecule has 2 heterocycles. The molecule has 1 aliphatic heterocycles. The average molecular weight is 503 g/mol. The minimum Gasteiger partial charge on any atom is -0.493 e. The number of anilines is 1. The van der Waals surface area contributed by atoms with Gasteiger partial charge in [-0.2, -0.15) is 0 Å². The number of nitrogens with one attached hydrogen (secondary N) is 2. The number of hydrogen-bond donors (Lipinski definition) is 2. The van der Waals surface area contributed by atoms with Gasteiger partial charge in [0.05, 0.1) is 33.5 Å². The van der Waals surface area contributed by atoms with E-state index in [-0.39, 0.29) is 23.6 Å². The quantitative estimate of drug-likeness (QED) is 0.397. The van der Waals surface area contributed by atoms with Gasteiger partial charge in [0.2, 0.25) is 11.7 Å². The Labute approximate surface area is 210 Å². The van der Waals surface area contributed by atoms with Gasteiger partial charge in [-0.1, -0.05) is 0 Å². The minimum absolute atomic E-state index is 0.216. The van der Waals surface area contributed by atoms with E-state index in [1.165, 1.54) is 38.7 Å². The molecule has 0 unspecified atom stereocenters. The third kappa shape index (κ3) is 5.62. The summed E-state index contributed by atoms with van der Waals surface area (Å²) in [5, 5.41) is 7.01. The van der Waals surface area contributed by atoms with Crippen molar-refractivity contribution < 1.29 is 28.5 Å². The zero-order valence-corrected chi connectivity index (χ0v) is 22.4. The predicted octanol–water partition coefficient (Wildman–Crippen LogP) is 4.76. The summed E-state index contributed by atoms with van der Waals surface area (Å²) < 4.78 is 21.4. The largest absolute Gasteiger partial charge is 0.493 e. The Kier molecular flexibility index (Phi) is 7.81. The number of hydrogen-bond acceptors (Lipinski definition) is 8. The Morgan fingerprint density at radius 1 is 1.09 bits per heavy atom. The van der Waals surface area contributed by atoms with E-state index in [2.05, 4.69) is 38.3 Å². The van der Waals surface area contributed by atoms with Crippen molar-refractivity contribution in [3.8, 4) is 17.2 Å². The number of amides is 1. The zero-order chi connectivity index (χ0) is 26.0. The second kappa shape index (κ2) is 10.3. The topological polar surface area (TPSA) is 95.1 Å². The number of methoxy groups -OCH3 is 3. The van der Waals surface area contributed by atoms with E-state index < -0.39 is 5.97 Å². The lowest BCUT2D eigenvalue weighted by Crippen LogP contribution is -2.55. The van der Waals surface area contributed by atoms with E-state index in [1.807, 2.05) is 0 Å². The Hall–Kier alpha value is -3.04. The maximum Gasteiger partial charge on any atom is 0.341 e. The molecule has 3 rings (SSSR count). The molecular formula is C26H34N2O6S. The fraction of sp³-hybridized carbons (Fsp3) is 0.462. The van der Waals surface area contributed by atoms with Crippen LogP contribution < -0.4 is 24.8 Å². The maximum absolute atomic E-state index is 12.9. The Morgan fingerprint density at radius 3 is 2.26 bits per heavy atom. The van der Waals surface area contributed by atoms with Gasteiger partial charge in [-0.25, -0.2) is 4.79 Å². The van der Waals surface area contributed by atoms with Crippen LogP contribution in [-0.2, 0) is 21.5 Å². The molecule has 0 radical (unpaired) electrons. The first-order chi connectivity index (χ1) is 16.5. The summed E-state index contributed by atoms with van der Waals surface area (Å²) in [4.78, 5) is 26.9. The van der Waals surface area contributed by atoms with E-state index >= 15 is 0 Å². The van der Waals surface area contributed by atoms with Gasteiger partial charge in [-0.3, -0.25) is 4.79 Å². The van der Waals surface area contributed by atoms with Crippen molar-refractivity contribution in [2.75, 3.05) is 33.3 Å². The van der Waals surface area contributed by atoms with Gasteiger partial charge in [-0.05, 0) is 70.4 Å². The third-order valence-corrected chi connectivity index (χ3v) is 7.15. The molecule has 1 amide bonds. The monoisotopic (exact) mass is 502 g/mol. The summed E-state index contributed by atoms with van der Waals surface area (Å²) in [5.41, 5.74) is 1.47. The molecule has 0 fully saturated rings. The summed E-state index contributed by atoms with van der Waals surface area (Å²) in [6.45, 7) is 10.4. The second-order valence-corrected chi connectivity index (χ2v) is 10.4. The zero-order valence-electron chi connectivity index (χ0n) is 21.6. The van der Waals surface area contributed by atoms with Gasteiger partial charge in [0, 0.05) is 22.0 Å². The molecule has 0 bridgehead atoms. The molecule has 2 aromatic rings. The van der Waals surface area contributed by atoms with E-state index in [9.17, 15) is 9.59 Å². The summed E-state index contributed by atoms with van der Waals surface area (Å²) in [6, 6.07) is 3.49. The summed E-state index contributed by atoms with van der Waals surface area (Å²) >= 11 is 1.41. The summed E-state index contributed by atoms with van der Waals surface area (Å²) in [7, 11) is 4.60. The highest BCUT2D eigenvalue weighted by molar-refractivity contribution is 7.17. The number of benzene rings is 1. The maximum atomic E-state index is 12.9. The lowest BCUT2D eigenvalue weighted by Gasteiger charge is -2.42. The number of carbonyl (C=O) groups excluding carboxylic acids is 2. The van der Waals surface area contributed by atoms with Crippen LogP contribution in [0.25, 0.3) is 6.08 Å². The lowest BCUT2D eigenvalue weighted by molar-refractivity contribution is -0.111. The first kappa shape index (κ1) is 26.6. The van der Waals surface area contributed by atoms with Gasteiger partial charge in [-0.15, -0.1) is 11.3 Å². The highest BCUT2D eigenvalue weighted by atomic mass is 32.1. The first-order valence-electron chi connectivity index (χ1n) is 11.4. The van der Waals surface area contributed by atoms with Crippen molar-refractivity contribution >= 4 is 34.3 Å². The molecule has 8 nitrogen and oxygen atoms in total. The second-order valence-electron chi connectivity index (χ2n) is 9.43. The number of fused-ring (bicyclic) bond motifs is 1. The Bertz CT molecular complexity index is 1120. The van der Waals surface area contributed by atoms with Crippen LogP contribution >= 0.6 is 11.3 Å². The molecule has 190 valence electrons. The number of esters is 1. The highest BCUT2D eigenvalue weighted by Crippen LogP contribution is 2.45. The van der Waals surface area contributed by atoms with Crippen LogP contribution in [0.5, 0.6) is 17.2 Å². The molecule has 0 saturated carbocycles. The van der Waals surface area contributed by atoms with Crippen molar-refractivity contribution in [1.82, 2.24) is 5.32 Å². The van der Waals surface area contributed by atoms with Crippen LogP contribution in [0.2, 0.25) is 0 Å². The summed E-state index contributed by atoms with van der Waals surface area (Å²) in [6.07, 6.45) is 3.70. The molecule has 0 spiro atoms. The number of ether oxygens (including phenoxy) is 4. The molecule has 0 saturated heterocycles. The van der Waals surface area contributed by atoms with Crippen molar-refractivity contribution in [3.63, 3.8) is 0 Å².